The summed E-state index contributed by atoms with van der Waals surface area (Å²) in [4.78, 5) is 14.0. The maximum atomic E-state index is 12.1. The van der Waals surface area contributed by atoms with E-state index in [1.807, 2.05) is 31.9 Å². The largest absolute Gasteiger partial charge is 0.444 e. The van der Waals surface area contributed by atoms with Gasteiger partial charge in [-0.15, -0.1) is 0 Å². The Morgan fingerprint density at radius 3 is 2.43 bits per heavy atom. The number of ether oxygens (including phenoxy) is 1. The molecule has 0 aromatic carbocycles. The van der Waals surface area contributed by atoms with E-state index in [1.54, 1.807) is 0 Å². The molecule has 2 aliphatic rings. The molecule has 0 spiro atoms. The SMILES string of the molecule is CC(C)(C)OC(=O)N1CC2CC(n3cc(I)cn3)CC2C1. The molecule has 1 aromatic rings. The van der Waals surface area contributed by atoms with E-state index in [0.717, 1.165) is 25.9 Å². The summed E-state index contributed by atoms with van der Waals surface area (Å²) in [6.07, 6.45) is 6.07. The van der Waals surface area contributed by atoms with Gasteiger partial charge in [-0.1, -0.05) is 0 Å². The zero-order valence-corrected chi connectivity index (χ0v) is 14.9. The molecule has 116 valence electrons. The molecule has 21 heavy (non-hydrogen) atoms. The Morgan fingerprint density at radius 2 is 1.95 bits per heavy atom. The average Bonchev–Trinajstić information content (AvgIpc) is 2.98. The molecule has 2 fully saturated rings. The van der Waals surface area contributed by atoms with Crippen LogP contribution >= 0.6 is 22.6 Å². The third-order valence-electron chi connectivity index (χ3n) is 4.32. The summed E-state index contributed by atoms with van der Waals surface area (Å²) in [6.45, 7) is 7.40. The summed E-state index contributed by atoms with van der Waals surface area (Å²) in [7, 11) is 0. The molecule has 1 aliphatic carbocycles. The minimum absolute atomic E-state index is 0.165. The second kappa shape index (κ2) is 5.44. The van der Waals surface area contributed by atoms with Crippen molar-refractivity contribution in [3.63, 3.8) is 0 Å². The number of nitrogens with zero attached hydrogens (tertiary/aromatic N) is 3. The van der Waals surface area contributed by atoms with Crippen LogP contribution in [0.2, 0.25) is 0 Å². The van der Waals surface area contributed by atoms with Crippen LogP contribution in [0.4, 0.5) is 4.79 Å². The highest BCUT2D eigenvalue weighted by Gasteiger charge is 2.44. The van der Waals surface area contributed by atoms with Crippen LogP contribution in [0, 0.1) is 15.4 Å². The number of hydrogen-bond acceptors (Lipinski definition) is 3. The van der Waals surface area contributed by atoms with Crippen molar-refractivity contribution < 1.29 is 9.53 Å². The summed E-state index contributed by atoms with van der Waals surface area (Å²) in [5.74, 6) is 1.17. The number of amides is 1. The fraction of sp³-hybridized carbons (Fsp3) is 0.733. The lowest BCUT2D eigenvalue weighted by Crippen LogP contribution is -2.36. The van der Waals surface area contributed by atoms with Gasteiger partial charge in [0.25, 0.3) is 0 Å². The first-order chi connectivity index (χ1) is 9.82. The molecule has 0 N–H and O–H groups in total. The maximum absolute atomic E-state index is 12.1. The molecule has 5 nitrogen and oxygen atoms in total. The fourth-order valence-corrected chi connectivity index (χ4v) is 3.88. The van der Waals surface area contributed by atoms with Crippen molar-refractivity contribution in [2.75, 3.05) is 13.1 Å². The minimum Gasteiger partial charge on any atom is -0.444 e. The monoisotopic (exact) mass is 403 g/mol. The molecule has 1 saturated heterocycles. The fourth-order valence-electron chi connectivity index (χ4n) is 3.47. The molecular formula is C15H22IN3O2. The van der Waals surface area contributed by atoms with Gasteiger partial charge >= 0.3 is 6.09 Å². The number of fused-ring (bicyclic) bond motifs is 1. The van der Waals surface area contributed by atoms with Gasteiger partial charge in [-0.05, 0) is 68.0 Å². The quantitative estimate of drug-likeness (QED) is 0.677. The van der Waals surface area contributed by atoms with Crippen LogP contribution in [0.3, 0.4) is 0 Å². The van der Waals surface area contributed by atoms with Crippen molar-refractivity contribution in [2.24, 2.45) is 11.8 Å². The molecule has 0 radical (unpaired) electrons. The number of halogens is 1. The second-order valence-corrected chi connectivity index (χ2v) is 8.41. The van der Waals surface area contributed by atoms with E-state index >= 15 is 0 Å². The van der Waals surface area contributed by atoms with Crippen molar-refractivity contribution in [3.05, 3.63) is 16.0 Å². The van der Waals surface area contributed by atoms with Crippen molar-refractivity contribution >= 4 is 28.7 Å². The van der Waals surface area contributed by atoms with E-state index in [-0.39, 0.29) is 6.09 Å². The predicted molar refractivity (Wildman–Crippen MR) is 88.0 cm³/mol. The van der Waals surface area contributed by atoms with E-state index in [0.29, 0.717) is 17.9 Å². The summed E-state index contributed by atoms with van der Waals surface area (Å²) in [6, 6.07) is 0.490. The van der Waals surface area contributed by atoms with Gasteiger partial charge in [0.15, 0.2) is 0 Å². The molecule has 1 aliphatic heterocycles. The molecule has 3 rings (SSSR count). The summed E-state index contributed by atoms with van der Waals surface area (Å²) in [5.41, 5.74) is -0.414. The van der Waals surface area contributed by atoms with E-state index in [4.69, 9.17) is 4.74 Å². The van der Waals surface area contributed by atoms with Crippen LogP contribution in [0.15, 0.2) is 12.4 Å². The minimum atomic E-state index is -0.414. The Hall–Kier alpha value is -0.790. The summed E-state index contributed by atoms with van der Waals surface area (Å²) in [5, 5.41) is 4.43. The van der Waals surface area contributed by atoms with Gasteiger partial charge in [0.05, 0.1) is 15.8 Å². The average molecular weight is 403 g/mol. The van der Waals surface area contributed by atoms with E-state index in [2.05, 4.69) is 38.6 Å². The number of aromatic nitrogens is 2. The first-order valence-electron chi connectivity index (χ1n) is 7.49. The normalized spacial score (nSPS) is 28.8. The highest BCUT2D eigenvalue weighted by Crippen LogP contribution is 2.43. The first kappa shape index (κ1) is 15.1. The van der Waals surface area contributed by atoms with E-state index in [9.17, 15) is 4.79 Å². The van der Waals surface area contributed by atoms with Gasteiger partial charge in [0, 0.05) is 19.3 Å². The molecule has 2 unspecified atom stereocenters. The van der Waals surface area contributed by atoms with Crippen LogP contribution in [-0.2, 0) is 4.74 Å². The second-order valence-electron chi connectivity index (χ2n) is 7.17. The third-order valence-corrected chi connectivity index (χ3v) is 4.88. The van der Waals surface area contributed by atoms with Crippen molar-refractivity contribution in [1.82, 2.24) is 14.7 Å². The third kappa shape index (κ3) is 3.35. The van der Waals surface area contributed by atoms with Crippen molar-refractivity contribution in [1.29, 1.82) is 0 Å². The number of rotatable bonds is 1. The smallest absolute Gasteiger partial charge is 0.410 e. The Bertz CT molecular complexity index is 523. The van der Waals surface area contributed by atoms with Crippen LogP contribution in [0.5, 0.6) is 0 Å². The first-order valence-corrected chi connectivity index (χ1v) is 8.57. The number of carbonyl (C=O) groups is 1. The van der Waals surface area contributed by atoms with Crippen LogP contribution in [0.1, 0.15) is 39.7 Å². The Morgan fingerprint density at radius 1 is 1.33 bits per heavy atom. The number of hydrogen-bond donors (Lipinski definition) is 0. The van der Waals surface area contributed by atoms with Crippen LogP contribution < -0.4 is 0 Å². The maximum Gasteiger partial charge on any atom is 0.410 e. The number of carbonyl (C=O) groups excluding carboxylic acids is 1. The molecule has 1 saturated carbocycles. The standard InChI is InChI=1S/C15H22IN3O2/c1-15(2,3)21-14(20)18-7-10-4-13(5-11(10)8-18)19-9-12(16)6-17-19/h6,9-11,13H,4-5,7-8H2,1-3H3. The molecule has 1 amide bonds. The molecule has 2 atom stereocenters. The highest BCUT2D eigenvalue weighted by molar-refractivity contribution is 14.1. The lowest BCUT2D eigenvalue weighted by molar-refractivity contribution is 0.0277. The van der Waals surface area contributed by atoms with Gasteiger partial charge < -0.3 is 9.64 Å². The molecule has 2 heterocycles. The highest BCUT2D eigenvalue weighted by atomic mass is 127. The molecule has 0 bridgehead atoms. The van der Waals surface area contributed by atoms with Crippen LogP contribution in [0.25, 0.3) is 0 Å². The summed E-state index contributed by atoms with van der Waals surface area (Å²) >= 11 is 2.29. The Kier molecular flexibility index (Phi) is 3.92. The lowest BCUT2D eigenvalue weighted by Gasteiger charge is -2.25. The van der Waals surface area contributed by atoms with Crippen molar-refractivity contribution in [2.45, 2.75) is 45.3 Å². The Labute approximate surface area is 139 Å². The van der Waals surface area contributed by atoms with Gasteiger partial charge in [0.2, 0.25) is 0 Å². The van der Waals surface area contributed by atoms with Gasteiger partial charge in [-0.3, -0.25) is 4.68 Å². The van der Waals surface area contributed by atoms with Gasteiger partial charge in [-0.2, -0.15) is 5.10 Å². The van der Waals surface area contributed by atoms with E-state index in [1.165, 1.54) is 3.57 Å². The topological polar surface area (TPSA) is 47.4 Å². The summed E-state index contributed by atoms with van der Waals surface area (Å²) < 4.78 is 8.75. The zero-order valence-electron chi connectivity index (χ0n) is 12.8. The molecular weight excluding hydrogens is 381 g/mol. The number of likely N-dealkylation sites (tertiary alicyclic amines) is 1. The Balaban J connectivity index is 1.58. The van der Waals surface area contributed by atoms with Crippen LogP contribution in [-0.4, -0.2) is 39.5 Å². The molecule has 1 aromatic heterocycles. The van der Waals surface area contributed by atoms with E-state index < -0.39 is 5.60 Å². The molecule has 6 heteroatoms. The predicted octanol–water partition coefficient (Wildman–Crippen LogP) is 3.31. The zero-order chi connectivity index (χ0) is 15.2. The van der Waals surface area contributed by atoms with Gasteiger partial charge in [0.1, 0.15) is 5.60 Å². The van der Waals surface area contributed by atoms with Crippen molar-refractivity contribution in [3.8, 4) is 0 Å². The van der Waals surface area contributed by atoms with Gasteiger partial charge in [-0.25, -0.2) is 4.79 Å². The lowest BCUT2D eigenvalue weighted by atomic mass is 10.0.